The van der Waals surface area contributed by atoms with Crippen LogP contribution in [0.15, 0.2) is 29.1 Å². The maximum absolute atomic E-state index is 13.1. The Labute approximate surface area is 133 Å². The molecule has 1 saturated heterocycles. The third-order valence-electron chi connectivity index (χ3n) is 5.02. The number of hydrogen-bond donors (Lipinski definition) is 2. The molecule has 1 aromatic carbocycles. The van der Waals surface area contributed by atoms with E-state index >= 15 is 0 Å². The summed E-state index contributed by atoms with van der Waals surface area (Å²) >= 11 is 0. The van der Waals surface area contributed by atoms with Crippen LogP contribution in [0.25, 0.3) is 0 Å². The van der Waals surface area contributed by atoms with Crippen LogP contribution in [0.5, 0.6) is 0 Å². The van der Waals surface area contributed by atoms with Crippen molar-refractivity contribution in [1.82, 2.24) is 20.1 Å². The van der Waals surface area contributed by atoms with Gasteiger partial charge in [-0.05, 0) is 43.2 Å². The highest BCUT2D eigenvalue weighted by Crippen LogP contribution is 2.33. The fraction of sp³-hybridized carbons (Fsp3) is 0.471. The molecule has 4 rings (SSSR count). The summed E-state index contributed by atoms with van der Waals surface area (Å²) < 4.78 is 0. The molecule has 2 heterocycles. The normalized spacial score (nSPS) is 21.4. The van der Waals surface area contributed by atoms with Crippen molar-refractivity contribution in [1.29, 1.82) is 0 Å². The third-order valence-corrected chi connectivity index (χ3v) is 5.02. The van der Waals surface area contributed by atoms with Gasteiger partial charge >= 0.3 is 5.69 Å². The van der Waals surface area contributed by atoms with Crippen LogP contribution < -0.4 is 5.69 Å². The van der Waals surface area contributed by atoms with Crippen LogP contribution in [0, 0.1) is 5.92 Å². The van der Waals surface area contributed by atoms with E-state index in [1.807, 2.05) is 17.0 Å². The number of benzene rings is 1. The average molecular weight is 312 g/mol. The number of aromatic amines is 2. The molecule has 23 heavy (non-hydrogen) atoms. The molecule has 0 unspecified atom stereocenters. The number of likely N-dealkylation sites (tertiary alicyclic amines) is 1. The number of piperidine rings is 1. The van der Waals surface area contributed by atoms with Gasteiger partial charge in [0.05, 0.1) is 6.04 Å². The van der Waals surface area contributed by atoms with Crippen molar-refractivity contribution >= 4 is 5.91 Å². The van der Waals surface area contributed by atoms with Gasteiger partial charge in [0.2, 0.25) is 5.91 Å². The average Bonchev–Trinajstić information content (AvgIpc) is 3.20. The van der Waals surface area contributed by atoms with Crippen LogP contribution >= 0.6 is 0 Å². The third kappa shape index (κ3) is 2.58. The lowest BCUT2D eigenvalue weighted by Gasteiger charge is -2.36. The lowest BCUT2D eigenvalue weighted by atomic mass is 9.97. The molecule has 0 bridgehead atoms. The van der Waals surface area contributed by atoms with Crippen molar-refractivity contribution in [3.05, 3.63) is 51.7 Å². The highest BCUT2D eigenvalue weighted by Gasteiger charge is 2.36. The van der Waals surface area contributed by atoms with Crippen LogP contribution in [0.2, 0.25) is 0 Å². The van der Waals surface area contributed by atoms with Gasteiger partial charge in [-0.15, -0.1) is 0 Å². The minimum Gasteiger partial charge on any atom is -0.332 e. The number of aromatic nitrogens is 3. The first-order valence-electron chi connectivity index (χ1n) is 8.24. The smallest absolute Gasteiger partial charge is 0.332 e. The van der Waals surface area contributed by atoms with Gasteiger partial charge in [0.15, 0.2) is 5.82 Å². The van der Waals surface area contributed by atoms with Crippen molar-refractivity contribution < 1.29 is 4.79 Å². The fourth-order valence-electron chi connectivity index (χ4n) is 3.89. The standard InChI is InChI=1S/C17H20N4O2/c22-16(13-9-11-5-1-2-6-12(11)10-13)21-8-4-3-7-14(21)15-18-17(23)20-19-15/h1-2,5-6,13-14H,3-4,7-10H2,(H2,18,19,20,23)/t14-/m1/s1. The summed E-state index contributed by atoms with van der Waals surface area (Å²) in [5.74, 6) is 0.784. The Morgan fingerprint density at radius 1 is 1.17 bits per heavy atom. The first-order chi connectivity index (χ1) is 11.2. The Morgan fingerprint density at radius 2 is 1.91 bits per heavy atom. The van der Waals surface area contributed by atoms with E-state index in [1.165, 1.54) is 11.1 Å². The largest absolute Gasteiger partial charge is 0.340 e. The summed E-state index contributed by atoms with van der Waals surface area (Å²) in [5, 5.41) is 6.46. The van der Waals surface area contributed by atoms with Gasteiger partial charge in [0.1, 0.15) is 0 Å². The van der Waals surface area contributed by atoms with Gasteiger partial charge in [0.25, 0.3) is 0 Å². The molecule has 1 fully saturated rings. The minimum absolute atomic E-state index is 0.0127. The first-order valence-corrected chi connectivity index (χ1v) is 8.24. The highest BCUT2D eigenvalue weighted by molar-refractivity contribution is 5.81. The van der Waals surface area contributed by atoms with Crippen molar-refractivity contribution in [2.75, 3.05) is 6.54 Å². The second-order valence-corrected chi connectivity index (χ2v) is 6.48. The molecule has 1 aliphatic carbocycles. The van der Waals surface area contributed by atoms with E-state index in [0.29, 0.717) is 5.82 Å². The van der Waals surface area contributed by atoms with Crippen LogP contribution in [-0.4, -0.2) is 32.5 Å². The van der Waals surface area contributed by atoms with E-state index in [2.05, 4.69) is 27.3 Å². The molecule has 6 heteroatoms. The summed E-state index contributed by atoms with van der Waals surface area (Å²) in [6, 6.07) is 8.18. The molecule has 2 aromatic rings. The van der Waals surface area contributed by atoms with Crippen LogP contribution in [0.3, 0.4) is 0 Å². The van der Waals surface area contributed by atoms with Gasteiger partial charge in [-0.25, -0.2) is 9.89 Å². The van der Waals surface area contributed by atoms with E-state index in [4.69, 9.17) is 0 Å². The van der Waals surface area contributed by atoms with Crippen molar-refractivity contribution in [2.24, 2.45) is 5.92 Å². The van der Waals surface area contributed by atoms with E-state index in [1.54, 1.807) is 0 Å². The summed E-state index contributed by atoms with van der Waals surface area (Å²) in [6.45, 7) is 0.741. The Morgan fingerprint density at radius 3 is 2.57 bits per heavy atom. The summed E-state index contributed by atoms with van der Waals surface area (Å²) in [5.41, 5.74) is 2.26. The number of amides is 1. The van der Waals surface area contributed by atoms with Crippen molar-refractivity contribution in [2.45, 2.75) is 38.1 Å². The molecule has 0 radical (unpaired) electrons. The van der Waals surface area contributed by atoms with E-state index < -0.39 is 0 Å². The molecule has 120 valence electrons. The number of fused-ring (bicyclic) bond motifs is 1. The molecule has 0 spiro atoms. The molecule has 1 atom stereocenters. The lowest BCUT2D eigenvalue weighted by molar-refractivity contribution is -0.139. The molecular formula is C17H20N4O2. The Balaban J connectivity index is 1.56. The minimum atomic E-state index is -0.314. The molecule has 1 aliphatic heterocycles. The van der Waals surface area contributed by atoms with E-state index in [0.717, 1.165) is 38.6 Å². The number of H-pyrrole nitrogens is 2. The van der Waals surface area contributed by atoms with Gasteiger partial charge in [-0.3, -0.25) is 9.78 Å². The zero-order valence-corrected chi connectivity index (χ0v) is 12.9. The maximum Gasteiger partial charge on any atom is 0.340 e. The molecule has 6 nitrogen and oxygen atoms in total. The molecule has 2 aliphatic rings. The fourth-order valence-corrected chi connectivity index (χ4v) is 3.89. The summed E-state index contributed by atoms with van der Waals surface area (Å²) in [6.07, 6.45) is 4.54. The highest BCUT2D eigenvalue weighted by atomic mass is 16.2. The Kier molecular flexibility index (Phi) is 3.52. The predicted octanol–water partition coefficient (Wildman–Crippen LogP) is 1.57. The second kappa shape index (κ2) is 5.68. The molecular weight excluding hydrogens is 292 g/mol. The summed E-state index contributed by atoms with van der Waals surface area (Å²) in [4.78, 5) is 29.0. The van der Waals surface area contributed by atoms with E-state index in [9.17, 15) is 9.59 Å². The maximum atomic E-state index is 13.1. The van der Waals surface area contributed by atoms with E-state index in [-0.39, 0.29) is 23.6 Å². The number of rotatable bonds is 2. The quantitative estimate of drug-likeness (QED) is 0.883. The Bertz CT molecular complexity index is 754. The van der Waals surface area contributed by atoms with Crippen LogP contribution in [0.4, 0.5) is 0 Å². The van der Waals surface area contributed by atoms with Crippen LogP contribution in [0.1, 0.15) is 42.3 Å². The number of hydrogen-bond acceptors (Lipinski definition) is 3. The van der Waals surface area contributed by atoms with Gasteiger partial charge in [-0.1, -0.05) is 24.3 Å². The molecule has 1 amide bonds. The second-order valence-electron chi connectivity index (χ2n) is 6.48. The van der Waals surface area contributed by atoms with Gasteiger partial charge in [0, 0.05) is 12.5 Å². The lowest BCUT2D eigenvalue weighted by Crippen LogP contribution is -2.42. The van der Waals surface area contributed by atoms with Gasteiger partial charge < -0.3 is 4.90 Å². The molecule has 2 N–H and O–H groups in total. The molecule has 0 saturated carbocycles. The monoisotopic (exact) mass is 312 g/mol. The topological polar surface area (TPSA) is 81.8 Å². The first kappa shape index (κ1) is 14.2. The zero-order chi connectivity index (χ0) is 15.8. The SMILES string of the molecule is O=C(C1Cc2ccccc2C1)N1CCCC[C@@H]1c1n[nH]c(=O)[nH]1. The zero-order valence-electron chi connectivity index (χ0n) is 12.9. The van der Waals surface area contributed by atoms with Crippen LogP contribution in [-0.2, 0) is 17.6 Å². The molecule has 1 aromatic heterocycles. The number of carbonyl (C=O) groups excluding carboxylic acids is 1. The van der Waals surface area contributed by atoms with Crippen molar-refractivity contribution in [3.63, 3.8) is 0 Å². The summed E-state index contributed by atoms with van der Waals surface area (Å²) in [7, 11) is 0. The Hall–Kier alpha value is -2.37. The number of nitrogens with zero attached hydrogens (tertiary/aromatic N) is 2. The predicted molar refractivity (Wildman–Crippen MR) is 84.9 cm³/mol. The van der Waals surface area contributed by atoms with Crippen molar-refractivity contribution in [3.8, 4) is 0 Å². The van der Waals surface area contributed by atoms with Gasteiger partial charge in [-0.2, -0.15) is 5.10 Å². The number of carbonyl (C=O) groups is 1. The number of nitrogens with one attached hydrogen (secondary N) is 2.